The SMILES string of the molecule is C=C(C)/C=C\C(=C)N(c1ccc(C)cc1)c1ccc2c(c1)C1(c3cc(N(c4ccc(C)cc4)c4ccc(C)cc4)ccc3-2)c2cc(N(c3ccc(C)cc3)c3ccc(C)cc3)ccc2-c2ccc(N(c3ccc(C)cc3)c3ccc(C)cc3)cc21. The molecule has 0 fully saturated rings. The van der Waals surface area contributed by atoms with Crippen LogP contribution in [0.25, 0.3) is 22.3 Å². The maximum atomic E-state index is 4.78. The van der Waals surface area contributed by atoms with Crippen molar-refractivity contribution in [3.8, 4) is 22.3 Å². The van der Waals surface area contributed by atoms with Gasteiger partial charge >= 0.3 is 0 Å². The van der Waals surface area contributed by atoms with Crippen molar-refractivity contribution in [1.82, 2.24) is 0 Å². The molecule has 11 aromatic carbocycles. The van der Waals surface area contributed by atoms with Gasteiger partial charge in [-0.1, -0.05) is 173 Å². The second-order valence-electron chi connectivity index (χ2n) is 23.5. The van der Waals surface area contributed by atoms with Gasteiger partial charge in [-0.3, -0.25) is 0 Å². The van der Waals surface area contributed by atoms with Crippen LogP contribution in [0.4, 0.5) is 62.6 Å². The van der Waals surface area contributed by atoms with Crippen molar-refractivity contribution in [3.05, 3.63) is 340 Å². The Hall–Kier alpha value is -10.2. The minimum absolute atomic E-state index is 0.834. The van der Waals surface area contributed by atoms with Crippen molar-refractivity contribution >= 4 is 62.6 Å². The van der Waals surface area contributed by atoms with Crippen LogP contribution in [0.1, 0.15) is 68.1 Å². The molecule has 13 rings (SSSR count). The Bertz CT molecular complexity index is 3950. The molecular weight excluding hydrogens is 1030 g/mol. The Morgan fingerprint density at radius 2 is 0.482 bits per heavy atom. The van der Waals surface area contributed by atoms with E-state index in [1.54, 1.807) is 0 Å². The van der Waals surface area contributed by atoms with Gasteiger partial charge in [0.2, 0.25) is 0 Å². The van der Waals surface area contributed by atoms with E-state index in [1.807, 2.05) is 6.92 Å². The highest BCUT2D eigenvalue weighted by atomic mass is 15.2. The summed E-state index contributed by atoms with van der Waals surface area (Å²) in [7, 11) is 0. The lowest BCUT2D eigenvalue weighted by atomic mass is 9.70. The van der Waals surface area contributed by atoms with E-state index >= 15 is 0 Å². The smallest absolute Gasteiger partial charge is 0.0728 e. The minimum atomic E-state index is -0.869. The number of fused-ring (bicyclic) bond motifs is 10. The summed E-state index contributed by atoms with van der Waals surface area (Å²) >= 11 is 0. The number of hydrogen-bond acceptors (Lipinski definition) is 4. The van der Waals surface area contributed by atoms with Crippen LogP contribution < -0.4 is 19.6 Å². The number of hydrogen-bond donors (Lipinski definition) is 0. The average molecular weight is 1100 g/mol. The summed E-state index contributed by atoms with van der Waals surface area (Å²) in [4.78, 5) is 9.58. The Morgan fingerprint density at radius 3 is 0.729 bits per heavy atom. The maximum Gasteiger partial charge on any atom is 0.0728 e. The molecule has 4 nitrogen and oxygen atoms in total. The zero-order valence-electron chi connectivity index (χ0n) is 50.0. The zero-order chi connectivity index (χ0) is 58.7. The molecule has 0 saturated heterocycles. The first-order valence-electron chi connectivity index (χ1n) is 29.5. The number of nitrogens with zero attached hydrogens (tertiary/aromatic N) is 4. The Labute approximate surface area is 502 Å². The fraction of sp³-hybridized carbons (Fsp3) is 0.111. The number of benzene rings is 11. The highest BCUT2D eigenvalue weighted by Gasteiger charge is 2.53. The lowest BCUT2D eigenvalue weighted by Crippen LogP contribution is -2.27. The molecule has 2 aliphatic carbocycles. The fourth-order valence-electron chi connectivity index (χ4n) is 12.7. The van der Waals surface area contributed by atoms with Crippen LogP contribution in [0.2, 0.25) is 0 Å². The van der Waals surface area contributed by atoms with Gasteiger partial charge in [-0.25, -0.2) is 0 Å². The van der Waals surface area contributed by atoms with E-state index in [4.69, 9.17) is 6.58 Å². The van der Waals surface area contributed by atoms with Crippen molar-refractivity contribution in [1.29, 1.82) is 0 Å². The molecule has 0 aliphatic heterocycles. The molecular formula is C81H70N4. The normalized spacial score (nSPS) is 12.4. The molecule has 1 spiro atoms. The summed E-state index contributed by atoms with van der Waals surface area (Å²) in [5.74, 6) is 0. The van der Waals surface area contributed by atoms with Crippen LogP contribution >= 0.6 is 0 Å². The fourth-order valence-corrected chi connectivity index (χ4v) is 12.7. The van der Waals surface area contributed by atoms with Gasteiger partial charge in [0.05, 0.1) is 5.41 Å². The van der Waals surface area contributed by atoms with Gasteiger partial charge in [0, 0.05) is 68.3 Å². The van der Waals surface area contributed by atoms with E-state index in [2.05, 4.69) is 329 Å². The molecule has 0 bridgehead atoms. The molecule has 414 valence electrons. The molecule has 0 N–H and O–H groups in total. The van der Waals surface area contributed by atoms with E-state index in [9.17, 15) is 0 Å². The summed E-state index contributed by atoms with van der Waals surface area (Å²) in [6.45, 7) is 26.1. The summed E-state index contributed by atoms with van der Waals surface area (Å²) in [6.07, 6.45) is 4.14. The second kappa shape index (κ2) is 21.9. The van der Waals surface area contributed by atoms with Crippen molar-refractivity contribution in [2.45, 2.75) is 60.8 Å². The van der Waals surface area contributed by atoms with Gasteiger partial charge in [0.25, 0.3) is 0 Å². The number of anilines is 11. The van der Waals surface area contributed by atoms with Crippen LogP contribution in [0.5, 0.6) is 0 Å². The van der Waals surface area contributed by atoms with Crippen molar-refractivity contribution in [3.63, 3.8) is 0 Å². The lowest BCUT2D eigenvalue weighted by Gasteiger charge is -2.35. The van der Waals surface area contributed by atoms with E-state index < -0.39 is 5.41 Å². The quantitative estimate of drug-likeness (QED) is 0.101. The molecule has 85 heavy (non-hydrogen) atoms. The zero-order valence-corrected chi connectivity index (χ0v) is 50.0. The predicted molar refractivity (Wildman–Crippen MR) is 362 cm³/mol. The highest BCUT2D eigenvalue weighted by molar-refractivity contribution is 6.00. The van der Waals surface area contributed by atoms with Gasteiger partial charge in [0.1, 0.15) is 0 Å². The van der Waals surface area contributed by atoms with E-state index in [0.717, 1.165) is 73.8 Å². The first-order chi connectivity index (χ1) is 41.2. The third-order valence-corrected chi connectivity index (χ3v) is 17.1. The van der Waals surface area contributed by atoms with E-state index in [1.165, 1.54) is 83.5 Å². The monoisotopic (exact) mass is 1100 g/mol. The van der Waals surface area contributed by atoms with E-state index in [0.29, 0.717) is 0 Å². The van der Waals surface area contributed by atoms with Crippen LogP contribution in [0.15, 0.2) is 279 Å². The van der Waals surface area contributed by atoms with Gasteiger partial charge in [0.15, 0.2) is 0 Å². The Kier molecular flexibility index (Phi) is 13.9. The molecule has 0 atom stereocenters. The van der Waals surface area contributed by atoms with Gasteiger partial charge < -0.3 is 19.6 Å². The van der Waals surface area contributed by atoms with Crippen LogP contribution in [-0.4, -0.2) is 0 Å². The molecule has 0 unspecified atom stereocenters. The molecule has 0 amide bonds. The van der Waals surface area contributed by atoms with Crippen LogP contribution in [0, 0.1) is 48.5 Å². The number of aryl methyl sites for hydroxylation is 7. The number of allylic oxidation sites excluding steroid dienone is 3. The molecule has 4 heteroatoms. The van der Waals surface area contributed by atoms with Gasteiger partial charge in [-0.15, -0.1) is 0 Å². The molecule has 2 aliphatic rings. The van der Waals surface area contributed by atoms with Gasteiger partial charge in [-0.2, -0.15) is 0 Å². The average Bonchev–Trinajstić information content (AvgIpc) is 1.52. The van der Waals surface area contributed by atoms with Crippen LogP contribution in [-0.2, 0) is 5.41 Å². The molecule has 0 radical (unpaired) electrons. The minimum Gasteiger partial charge on any atom is -0.311 e. The maximum absolute atomic E-state index is 4.78. The lowest BCUT2D eigenvalue weighted by molar-refractivity contribution is 0.793. The Morgan fingerprint density at radius 1 is 0.271 bits per heavy atom. The topological polar surface area (TPSA) is 13.0 Å². The van der Waals surface area contributed by atoms with Crippen molar-refractivity contribution in [2.24, 2.45) is 0 Å². The van der Waals surface area contributed by atoms with Gasteiger partial charge in [-0.05, 0) is 239 Å². The summed E-state index contributed by atoms with van der Waals surface area (Å²) < 4.78 is 0. The first kappa shape index (κ1) is 54.1. The highest BCUT2D eigenvalue weighted by Crippen LogP contribution is 2.65. The first-order valence-corrected chi connectivity index (χ1v) is 29.5. The third kappa shape index (κ3) is 9.84. The third-order valence-electron chi connectivity index (χ3n) is 17.1. The Balaban J connectivity index is 1.15. The van der Waals surface area contributed by atoms with Crippen molar-refractivity contribution in [2.75, 3.05) is 19.6 Å². The molecule has 0 saturated carbocycles. The van der Waals surface area contributed by atoms with E-state index in [-0.39, 0.29) is 0 Å². The van der Waals surface area contributed by atoms with Crippen molar-refractivity contribution < 1.29 is 0 Å². The molecule has 0 aromatic heterocycles. The summed E-state index contributed by atoms with van der Waals surface area (Å²) in [5, 5.41) is 0. The standard InChI is InChI=1S/C81H70N4/c1-53(2)11-26-61(10)82(62-27-12-54(3)13-28-62)69-41-45-73-74-46-42-70(83(63-29-14-55(4)15-30-63)64-31-16-56(5)17-32-64)50-78(74)81(77(73)49-69)79-51-71(84(65-33-18-57(6)19-34-65)66-35-20-58(7)21-36-66)43-47-75(79)76-48-44-72(52-80(76)81)85(67-37-22-59(8)23-38-67)68-39-24-60(9)25-40-68/h11-52H,1,10H2,2-9H3/b26-11-. The molecule has 11 aromatic rings. The molecule has 0 heterocycles. The summed E-state index contributed by atoms with van der Waals surface area (Å²) in [5.41, 5.74) is 30.8. The predicted octanol–water partition coefficient (Wildman–Crippen LogP) is 22.4. The second-order valence-corrected chi connectivity index (χ2v) is 23.5. The number of rotatable bonds is 14. The summed E-state index contributed by atoms with van der Waals surface area (Å²) in [6, 6.07) is 91.3. The largest absolute Gasteiger partial charge is 0.311 e. The van der Waals surface area contributed by atoms with Crippen LogP contribution in [0.3, 0.4) is 0 Å².